The van der Waals surface area contributed by atoms with Crippen LogP contribution in [-0.4, -0.2) is 24.8 Å². The molecular weight excluding hydrogens is 226 g/mol. The molecule has 3 nitrogen and oxygen atoms in total. The fourth-order valence-electron chi connectivity index (χ4n) is 1.73. The van der Waals surface area contributed by atoms with Gasteiger partial charge >= 0.3 is 0 Å². The Hall–Kier alpha value is -1.20. The van der Waals surface area contributed by atoms with Crippen LogP contribution >= 0.6 is 0 Å². The lowest BCUT2D eigenvalue weighted by atomic mass is 10.1. The summed E-state index contributed by atoms with van der Waals surface area (Å²) in [6.07, 6.45) is 0.478. The molecule has 0 spiro atoms. The number of hydrogen-bond donors (Lipinski definition) is 2. The predicted octanol–water partition coefficient (Wildman–Crippen LogP) is 1.63. The number of aliphatic hydroxyl groups excluding tert-OH is 1. The highest BCUT2D eigenvalue weighted by Gasteiger charge is 2.16. The fraction of sp³-hybridized carbons (Fsp3) is 0.500. The number of aliphatic hydroxyl groups is 1. The van der Waals surface area contributed by atoms with E-state index < -0.39 is 11.6 Å². The molecule has 0 atom stereocenters. The van der Waals surface area contributed by atoms with Crippen molar-refractivity contribution in [3.8, 4) is 0 Å². The Labute approximate surface area is 99.8 Å². The third-order valence-corrected chi connectivity index (χ3v) is 2.60. The molecule has 5 heteroatoms. The number of halogens is 2. The SMILES string of the molecule is CCN(CCCO)c1c(F)cc(CN)cc1F. The molecule has 96 valence electrons. The molecule has 0 aromatic heterocycles. The zero-order valence-corrected chi connectivity index (χ0v) is 9.92. The summed E-state index contributed by atoms with van der Waals surface area (Å²) in [5.41, 5.74) is 5.74. The quantitative estimate of drug-likeness (QED) is 0.799. The second-order valence-corrected chi connectivity index (χ2v) is 3.77. The average Bonchev–Trinajstić information content (AvgIpc) is 2.32. The van der Waals surface area contributed by atoms with Crippen LogP contribution in [0, 0.1) is 11.6 Å². The van der Waals surface area contributed by atoms with Crippen LogP contribution < -0.4 is 10.6 Å². The summed E-state index contributed by atoms with van der Waals surface area (Å²) in [6.45, 7) is 2.82. The molecule has 17 heavy (non-hydrogen) atoms. The van der Waals surface area contributed by atoms with Crippen molar-refractivity contribution in [2.45, 2.75) is 19.9 Å². The number of nitrogens with zero attached hydrogens (tertiary/aromatic N) is 1. The Bertz CT molecular complexity index is 349. The van der Waals surface area contributed by atoms with E-state index in [9.17, 15) is 8.78 Å². The van der Waals surface area contributed by atoms with E-state index in [-0.39, 0.29) is 18.8 Å². The molecule has 0 bridgehead atoms. The van der Waals surface area contributed by atoms with Crippen molar-refractivity contribution in [3.63, 3.8) is 0 Å². The minimum Gasteiger partial charge on any atom is -0.396 e. The average molecular weight is 244 g/mol. The van der Waals surface area contributed by atoms with E-state index in [0.29, 0.717) is 25.1 Å². The predicted molar refractivity (Wildman–Crippen MR) is 63.8 cm³/mol. The maximum absolute atomic E-state index is 13.8. The smallest absolute Gasteiger partial charge is 0.149 e. The van der Waals surface area contributed by atoms with Crippen LogP contribution in [0.1, 0.15) is 18.9 Å². The molecule has 0 fully saturated rings. The van der Waals surface area contributed by atoms with Gasteiger partial charge in [-0.15, -0.1) is 0 Å². The van der Waals surface area contributed by atoms with E-state index in [0.717, 1.165) is 0 Å². The lowest BCUT2D eigenvalue weighted by molar-refractivity contribution is 0.289. The Morgan fingerprint density at radius 1 is 1.29 bits per heavy atom. The van der Waals surface area contributed by atoms with Crippen LogP contribution in [0.25, 0.3) is 0 Å². The summed E-state index contributed by atoms with van der Waals surface area (Å²) >= 11 is 0. The number of nitrogens with two attached hydrogens (primary N) is 1. The Morgan fingerprint density at radius 2 is 1.88 bits per heavy atom. The van der Waals surface area contributed by atoms with Crippen molar-refractivity contribution < 1.29 is 13.9 Å². The van der Waals surface area contributed by atoms with Gasteiger partial charge in [0.25, 0.3) is 0 Å². The zero-order chi connectivity index (χ0) is 12.8. The van der Waals surface area contributed by atoms with E-state index in [4.69, 9.17) is 10.8 Å². The van der Waals surface area contributed by atoms with Gasteiger partial charge in [0.2, 0.25) is 0 Å². The van der Waals surface area contributed by atoms with Gasteiger partial charge in [-0.2, -0.15) is 0 Å². The minimum atomic E-state index is -0.606. The van der Waals surface area contributed by atoms with Crippen molar-refractivity contribution >= 4 is 5.69 Å². The molecule has 0 aliphatic carbocycles. The molecule has 3 N–H and O–H groups in total. The van der Waals surface area contributed by atoms with E-state index >= 15 is 0 Å². The van der Waals surface area contributed by atoms with E-state index in [2.05, 4.69) is 0 Å². The monoisotopic (exact) mass is 244 g/mol. The van der Waals surface area contributed by atoms with Gasteiger partial charge in [-0.3, -0.25) is 0 Å². The molecule has 0 aliphatic rings. The molecule has 1 aromatic carbocycles. The number of rotatable bonds is 6. The first-order valence-corrected chi connectivity index (χ1v) is 5.67. The molecule has 0 heterocycles. The van der Waals surface area contributed by atoms with Gasteiger partial charge in [-0.25, -0.2) is 8.78 Å². The summed E-state index contributed by atoms with van der Waals surface area (Å²) in [5.74, 6) is -1.21. The van der Waals surface area contributed by atoms with Gasteiger partial charge < -0.3 is 15.7 Å². The van der Waals surface area contributed by atoms with Crippen LogP contribution in [0.4, 0.5) is 14.5 Å². The molecule has 0 aliphatic heterocycles. The third-order valence-electron chi connectivity index (χ3n) is 2.60. The van der Waals surface area contributed by atoms with Gasteiger partial charge in [0, 0.05) is 26.2 Å². The Morgan fingerprint density at radius 3 is 2.29 bits per heavy atom. The summed E-state index contributed by atoms with van der Waals surface area (Å²) in [4.78, 5) is 1.57. The number of hydrogen-bond acceptors (Lipinski definition) is 3. The molecule has 0 unspecified atom stereocenters. The highest BCUT2D eigenvalue weighted by atomic mass is 19.1. The van der Waals surface area contributed by atoms with Gasteiger partial charge in [0.1, 0.15) is 17.3 Å². The van der Waals surface area contributed by atoms with Gasteiger partial charge in [0.15, 0.2) is 0 Å². The summed E-state index contributed by atoms with van der Waals surface area (Å²) in [5, 5.41) is 8.75. The first-order valence-electron chi connectivity index (χ1n) is 5.67. The van der Waals surface area contributed by atoms with E-state index in [1.807, 2.05) is 6.92 Å². The molecule has 0 saturated heterocycles. The third kappa shape index (κ3) is 3.38. The van der Waals surface area contributed by atoms with Crippen molar-refractivity contribution in [2.24, 2.45) is 5.73 Å². The lowest BCUT2D eigenvalue weighted by Gasteiger charge is -2.24. The second kappa shape index (κ2) is 6.51. The van der Waals surface area contributed by atoms with Crippen molar-refractivity contribution in [2.75, 3.05) is 24.6 Å². The maximum Gasteiger partial charge on any atom is 0.149 e. The summed E-state index contributed by atoms with van der Waals surface area (Å²) in [6, 6.07) is 2.50. The van der Waals surface area contributed by atoms with E-state index in [1.165, 1.54) is 12.1 Å². The van der Waals surface area contributed by atoms with Gasteiger partial charge in [-0.05, 0) is 31.0 Å². The van der Waals surface area contributed by atoms with Crippen LogP contribution in [0.3, 0.4) is 0 Å². The molecule has 1 aromatic rings. The molecule has 0 amide bonds. The van der Waals surface area contributed by atoms with Crippen molar-refractivity contribution in [1.82, 2.24) is 0 Å². The van der Waals surface area contributed by atoms with Crippen LogP contribution in [0.2, 0.25) is 0 Å². The highest BCUT2D eigenvalue weighted by molar-refractivity contribution is 5.50. The molecule has 0 radical (unpaired) electrons. The van der Waals surface area contributed by atoms with Crippen LogP contribution in [-0.2, 0) is 6.54 Å². The molecular formula is C12H18F2N2O. The summed E-state index contributed by atoms with van der Waals surface area (Å²) in [7, 11) is 0. The van der Waals surface area contributed by atoms with E-state index in [1.54, 1.807) is 4.90 Å². The Kier molecular flexibility index (Phi) is 5.31. The summed E-state index contributed by atoms with van der Waals surface area (Å²) < 4.78 is 27.5. The van der Waals surface area contributed by atoms with Crippen LogP contribution in [0.5, 0.6) is 0 Å². The lowest BCUT2D eigenvalue weighted by Crippen LogP contribution is -2.27. The second-order valence-electron chi connectivity index (χ2n) is 3.77. The number of anilines is 1. The van der Waals surface area contributed by atoms with Crippen molar-refractivity contribution in [3.05, 3.63) is 29.3 Å². The Balaban J connectivity index is 3.02. The van der Waals surface area contributed by atoms with Crippen LogP contribution in [0.15, 0.2) is 12.1 Å². The molecule has 0 saturated carbocycles. The number of benzene rings is 1. The van der Waals surface area contributed by atoms with Gasteiger partial charge in [-0.1, -0.05) is 0 Å². The largest absolute Gasteiger partial charge is 0.396 e. The maximum atomic E-state index is 13.8. The van der Waals surface area contributed by atoms with Crippen molar-refractivity contribution in [1.29, 1.82) is 0 Å². The topological polar surface area (TPSA) is 49.5 Å². The normalized spacial score (nSPS) is 10.6. The van der Waals surface area contributed by atoms with Gasteiger partial charge in [0.05, 0.1) is 0 Å². The fourth-order valence-corrected chi connectivity index (χ4v) is 1.73. The zero-order valence-electron chi connectivity index (χ0n) is 9.92. The standard InChI is InChI=1S/C12H18F2N2O/c1-2-16(4-3-5-17)12-10(13)6-9(8-15)7-11(12)14/h6-7,17H,2-5,8,15H2,1H3. The minimum absolute atomic E-state index is 0.000617. The highest BCUT2D eigenvalue weighted by Crippen LogP contribution is 2.25. The molecule has 1 rings (SSSR count). The first kappa shape index (κ1) is 13.9. The first-order chi connectivity index (χ1) is 8.13.